The molecule has 106 valence electrons. The van der Waals surface area contributed by atoms with Crippen LogP contribution in [0.3, 0.4) is 0 Å². The summed E-state index contributed by atoms with van der Waals surface area (Å²) < 4.78 is 19.1. The standard InChI is InChI=1S/C15H23FN2O/c1-3-5-14(18-10-8-17-9-11-18)12-6-4-7-13(16)15(12)19-2/h4,6-7,14,17H,3,5,8-11H2,1-2H3/t14-/m1/s1. The van der Waals surface area contributed by atoms with Crippen LogP contribution in [0.15, 0.2) is 18.2 Å². The number of methoxy groups -OCH3 is 1. The number of nitrogens with zero attached hydrogens (tertiary/aromatic N) is 1. The fraction of sp³-hybridized carbons (Fsp3) is 0.600. The number of piperazine rings is 1. The minimum Gasteiger partial charge on any atom is -0.493 e. The molecule has 0 spiro atoms. The van der Waals surface area contributed by atoms with Crippen molar-refractivity contribution in [3.8, 4) is 5.75 Å². The van der Waals surface area contributed by atoms with E-state index in [9.17, 15) is 4.39 Å². The second-order valence-corrected chi connectivity index (χ2v) is 4.95. The van der Waals surface area contributed by atoms with E-state index in [-0.39, 0.29) is 11.9 Å². The summed E-state index contributed by atoms with van der Waals surface area (Å²) in [6.07, 6.45) is 2.11. The van der Waals surface area contributed by atoms with E-state index in [2.05, 4.69) is 17.1 Å². The van der Waals surface area contributed by atoms with E-state index in [1.54, 1.807) is 13.2 Å². The van der Waals surface area contributed by atoms with Gasteiger partial charge in [0.25, 0.3) is 0 Å². The molecule has 2 rings (SSSR count). The molecule has 0 amide bonds. The third kappa shape index (κ3) is 3.25. The molecule has 0 saturated carbocycles. The molecule has 1 N–H and O–H groups in total. The summed E-state index contributed by atoms with van der Waals surface area (Å²) in [5.74, 6) is 0.135. The molecule has 1 aliphatic heterocycles. The van der Waals surface area contributed by atoms with E-state index in [4.69, 9.17) is 4.74 Å². The molecular formula is C15H23FN2O. The van der Waals surface area contributed by atoms with Crippen molar-refractivity contribution >= 4 is 0 Å². The molecule has 1 aliphatic rings. The number of benzene rings is 1. The lowest BCUT2D eigenvalue weighted by atomic mass is 9.98. The molecule has 4 heteroatoms. The van der Waals surface area contributed by atoms with E-state index in [0.29, 0.717) is 5.75 Å². The third-order valence-corrected chi connectivity index (χ3v) is 3.72. The molecule has 0 radical (unpaired) electrons. The quantitative estimate of drug-likeness (QED) is 0.886. The zero-order chi connectivity index (χ0) is 13.7. The Kier molecular flexibility index (Phi) is 5.16. The molecule has 1 atom stereocenters. The van der Waals surface area contributed by atoms with Crippen molar-refractivity contribution in [3.63, 3.8) is 0 Å². The first-order chi connectivity index (χ1) is 9.27. The largest absolute Gasteiger partial charge is 0.493 e. The Balaban J connectivity index is 2.29. The normalized spacial score (nSPS) is 18.3. The number of hydrogen-bond donors (Lipinski definition) is 1. The Hall–Kier alpha value is -1.13. The van der Waals surface area contributed by atoms with Crippen molar-refractivity contribution in [1.82, 2.24) is 10.2 Å². The SMILES string of the molecule is CCC[C@H](c1cccc(F)c1OC)N1CCNCC1. The van der Waals surface area contributed by atoms with Crippen LogP contribution in [-0.4, -0.2) is 38.2 Å². The molecule has 0 unspecified atom stereocenters. The fourth-order valence-electron chi connectivity index (χ4n) is 2.81. The summed E-state index contributed by atoms with van der Waals surface area (Å²) in [5, 5.41) is 3.36. The van der Waals surface area contributed by atoms with Crippen LogP contribution in [0.5, 0.6) is 5.75 Å². The van der Waals surface area contributed by atoms with Gasteiger partial charge in [-0.2, -0.15) is 0 Å². The van der Waals surface area contributed by atoms with Crippen LogP contribution < -0.4 is 10.1 Å². The summed E-state index contributed by atoms with van der Waals surface area (Å²) >= 11 is 0. The second-order valence-electron chi connectivity index (χ2n) is 4.95. The Morgan fingerprint density at radius 1 is 1.37 bits per heavy atom. The number of hydrogen-bond acceptors (Lipinski definition) is 3. The first-order valence-electron chi connectivity index (χ1n) is 7.05. The van der Waals surface area contributed by atoms with Crippen LogP contribution in [0, 0.1) is 5.82 Å². The van der Waals surface area contributed by atoms with Crippen molar-refractivity contribution in [3.05, 3.63) is 29.6 Å². The molecule has 0 aliphatic carbocycles. The van der Waals surface area contributed by atoms with Gasteiger partial charge in [-0.3, -0.25) is 4.90 Å². The first-order valence-corrected chi connectivity index (χ1v) is 7.05. The van der Waals surface area contributed by atoms with Gasteiger partial charge in [0.1, 0.15) is 0 Å². The van der Waals surface area contributed by atoms with Crippen LogP contribution in [0.4, 0.5) is 4.39 Å². The molecule has 3 nitrogen and oxygen atoms in total. The lowest BCUT2D eigenvalue weighted by Gasteiger charge is -2.35. The number of para-hydroxylation sites is 1. The highest BCUT2D eigenvalue weighted by atomic mass is 19.1. The van der Waals surface area contributed by atoms with Crippen molar-refractivity contribution in [2.75, 3.05) is 33.3 Å². The third-order valence-electron chi connectivity index (χ3n) is 3.72. The number of rotatable bonds is 5. The summed E-state index contributed by atoms with van der Waals surface area (Å²) in [5.41, 5.74) is 0.978. The van der Waals surface area contributed by atoms with Gasteiger partial charge in [0.05, 0.1) is 7.11 Å². The van der Waals surface area contributed by atoms with E-state index < -0.39 is 0 Å². The van der Waals surface area contributed by atoms with Crippen LogP contribution in [0.1, 0.15) is 31.4 Å². The van der Waals surface area contributed by atoms with Crippen LogP contribution in [0.25, 0.3) is 0 Å². The van der Waals surface area contributed by atoms with Crippen molar-refractivity contribution < 1.29 is 9.13 Å². The van der Waals surface area contributed by atoms with E-state index in [0.717, 1.165) is 44.6 Å². The average molecular weight is 266 g/mol. The zero-order valence-corrected chi connectivity index (χ0v) is 11.8. The second kappa shape index (κ2) is 6.87. The lowest BCUT2D eigenvalue weighted by Crippen LogP contribution is -2.45. The highest BCUT2D eigenvalue weighted by Crippen LogP contribution is 2.34. The molecule has 1 aromatic rings. The number of ether oxygens (including phenoxy) is 1. The van der Waals surface area contributed by atoms with Gasteiger partial charge in [-0.05, 0) is 12.5 Å². The van der Waals surface area contributed by atoms with Crippen LogP contribution >= 0.6 is 0 Å². The minimum atomic E-state index is -0.267. The van der Waals surface area contributed by atoms with Gasteiger partial charge in [-0.25, -0.2) is 4.39 Å². The summed E-state index contributed by atoms with van der Waals surface area (Å²) in [4.78, 5) is 2.43. The van der Waals surface area contributed by atoms with Gasteiger partial charge in [-0.15, -0.1) is 0 Å². The summed E-state index contributed by atoms with van der Waals surface area (Å²) in [6, 6.07) is 5.48. The summed E-state index contributed by atoms with van der Waals surface area (Å²) in [6.45, 7) is 6.17. The Bertz CT molecular complexity index is 405. The fourth-order valence-corrected chi connectivity index (χ4v) is 2.81. The highest BCUT2D eigenvalue weighted by molar-refractivity contribution is 5.37. The van der Waals surface area contributed by atoms with Gasteiger partial charge in [0.15, 0.2) is 11.6 Å². The van der Waals surface area contributed by atoms with Crippen molar-refractivity contribution in [2.45, 2.75) is 25.8 Å². The van der Waals surface area contributed by atoms with E-state index in [1.807, 2.05) is 6.07 Å². The van der Waals surface area contributed by atoms with Gasteiger partial charge < -0.3 is 10.1 Å². The Morgan fingerprint density at radius 3 is 2.74 bits per heavy atom. The molecular weight excluding hydrogens is 243 g/mol. The summed E-state index contributed by atoms with van der Waals surface area (Å²) in [7, 11) is 1.54. The van der Waals surface area contributed by atoms with Crippen LogP contribution in [0.2, 0.25) is 0 Å². The van der Waals surface area contributed by atoms with Gasteiger partial charge in [0.2, 0.25) is 0 Å². The predicted molar refractivity (Wildman–Crippen MR) is 75.0 cm³/mol. The highest BCUT2D eigenvalue weighted by Gasteiger charge is 2.25. The molecule has 19 heavy (non-hydrogen) atoms. The zero-order valence-electron chi connectivity index (χ0n) is 11.8. The smallest absolute Gasteiger partial charge is 0.165 e. The molecule has 1 heterocycles. The molecule has 1 fully saturated rings. The van der Waals surface area contributed by atoms with Gasteiger partial charge in [-0.1, -0.05) is 25.5 Å². The lowest BCUT2D eigenvalue weighted by molar-refractivity contribution is 0.161. The topological polar surface area (TPSA) is 24.5 Å². The van der Waals surface area contributed by atoms with Crippen molar-refractivity contribution in [1.29, 1.82) is 0 Å². The van der Waals surface area contributed by atoms with Gasteiger partial charge in [0, 0.05) is 37.8 Å². The first kappa shape index (κ1) is 14.3. The average Bonchev–Trinajstić information content (AvgIpc) is 2.45. The Labute approximate surface area is 114 Å². The van der Waals surface area contributed by atoms with Crippen LogP contribution in [-0.2, 0) is 0 Å². The van der Waals surface area contributed by atoms with Gasteiger partial charge >= 0.3 is 0 Å². The molecule has 1 aromatic carbocycles. The maximum Gasteiger partial charge on any atom is 0.165 e. The Morgan fingerprint density at radius 2 is 2.11 bits per heavy atom. The maximum atomic E-state index is 13.9. The minimum absolute atomic E-state index is 0.248. The number of halogens is 1. The number of nitrogens with one attached hydrogen (secondary N) is 1. The molecule has 1 saturated heterocycles. The van der Waals surface area contributed by atoms with E-state index >= 15 is 0 Å². The monoisotopic (exact) mass is 266 g/mol. The van der Waals surface area contributed by atoms with Crippen molar-refractivity contribution in [2.24, 2.45) is 0 Å². The predicted octanol–water partition coefficient (Wildman–Crippen LogP) is 2.58. The van der Waals surface area contributed by atoms with E-state index in [1.165, 1.54) is 6.07 Å². The molecule has 0 aromatic heterocycles. The molecule has 0 bridgehead atoms. The maximum absolute atomic E-state index is 13.9.